The fraction of sp³-hybridized carbons (Fsp3) is 0.417. The minimum atomic E-state index is 0.532. The van der Waals surface area contributed by atoms with Gasteiger partial charge in [0.15, 0.2) is 0 Å². The average molecular weight is 231 g/mol. The van der Waals surface area contributed by atoms with E-state index in [0.29, 0.717) is 11.9 Å². The summed E-state index contributed by atoms with van der Waals surface area (Å²) in [5.74, 6) is 1.25. The first-order valence-corrected chi connectivity index (χ1v) is 5.78. The smallest absolute Gasteiger partial charge is 0.242 e. The highest BCUT2D eigenvalue weighted by atomic mass is 15.6. The van der Waals surface area contributed by atoms with Crippen molar-refractivity contribution in [1.82, 2.24) is 20.2 Å². The molecular weight excluding hydrogens is 214 g/mol. The summed E-state index contributed by atoms with van der Waals surface area (Å²) in [6.45, 7) is 3.09. The van der Waals surface area contributed by atoms with Crippen LogP contribution < -0.4 is 5.32 Å². The van der Waals surface area contributed by atoms with E-state index in [9.17, 15) is 0 Å². The molecule has 17 heavy (non-hydrogen) atoms. The van der Waals surface area contributed by atoms with Crippen molar-refractivity contribution in [3.05, 3.63) is 35.9 Å². The zero-order valence-electron chi connectivity index (χ0n) is 10.2. The molecule has 1 unspecified atom stereocenters. The molecule has 0 bridgehead atoms. The minimum absolute atomic E-state index is 0.532. The molecule has 0 amide bonds. The molecule has 2 aromatic rings. The number of hydrogen-bond donors (Lipinski definition) is 1. The molecule has 0 radical (unpaired) electrons. The van der Waals surface area contributed by atoms with E-state index in [1.807, 2.05) is 13.1 Å². The second-order valence-corrected chi connectivity index (χ2v) is 4.15. The Hall–Kier alpha value is -1.91. The number of rotatable bonds is 5. The van der Waals surface area contributed by atoms with Gasteiger partial charge in [-0.1, -0.05) is 42.4 Å². The van der Waals surface area contributed by atoms with Gasteiger partial charge >= 0.3 is 0 Å². The van der Waals surface area contributed by atoms with Crippen molar-refractivity contribution >= 4 is 5.95 Å². The van der Waals surface area contributed by atoms with Crippen molar-refractivity contribution in [3.8, 4) is 0 Å². The van der Waals surface area contributed by atoms with E-state index in [1.54, 1.807) is 4.68 Å². The van der Waals surface area contributed by atoms with Gasteiger partial charge in [0, 0.05) is 13.6 Å². The first-order chi connectivity index (χ1) is 8.27. The van der Waals surface area contributed by atoms with Gasteiger partial charge < -0.3 is 5.32 Å². The fourth-order valence-corrected chi connectivity index (χ4v) is 1.73. The lowest BCUT2D eigenvalue weighted by Crippen LogP contribution is -2.09. The number of anilines is 1. The third kappa shape index (κ3) is 3.03. The van der Waals surface area contributed by atoms with E-state index in [1.165, 1.54) is 5.56 Å². The second-order valence-electron chi connectivity index (χ2n) is 4.15. The molecule has 0 aliphatic carbocycles. The molecule has 0 aliphatic rings. The van der Waals surface area contributed by atoms with E-state index in [-0.39, 0.29) is 0 Å². The summed E-state index contributed by atoms with van der Waals surface area (Å²) < 4.78 is 1.63. The summed E-state index contributed by atoms with van der Waals surface area (Å²) >= 11 is 0. The summed E-state index contributed by atoms with van der Waals surface area (Å²) in [6, 6.07) is 10.5. The van der Waals surface area contributed by atoms with Gasteiger partial charge in [-0.05, 0) is 28.3 Å². The zero-order chi connectivity index (χ0) is 12.1. The number of aromatic nitrogens is 4. The molecule has 1 atom stereocenters. The van der Waals surface area contributed by atoms with E-state index < -0.39 is 0 Å². The van der Waals surface area contributed by atoms with Crippen LogP contribution >= 0.6 is 0 Å². The first-order valence-electron chi connectivity index (χ1n) is 5.78. The molecule has 1 aromatic heterocycles. The van der Waals surface area contributed by atoms with Crippen molar-refractivity contribution in [2.45, 2.75) is 19.3 Å². The molecule has 0 saturated heterocycles. The molecule has 1 heterocycles. The predicted octanol–water partition coefficient (Wildman–Crippen LogP) is 1.82. The van der Waals surface area contributed by atoms with Crippen LogP contribution in [0, 0.1) is 0 Å². The maximum atomic E-state index is 3.88. The molecule has 1 aromatic carbocycles. The lowest BCUT2D eigenvalue weighted by molar-refractivity contribution is 0.687. The highest BCUT2D eigenvalue weighted by Gasteiger charge is 2.05. The van der Waals surface area contributed by atoms with Gasteiger partial charge in [0.1, 0.15) is 0 Å². The van der Waals surface area contributed by atoms with Crippen LogP contribution in [-0.4, -0.2) is 26.8 Å². The highest BCUT2D eigenvalue weighted by Crippen LogP contribution is 2.18. The Morgan fingerprint density at radius 1 is 1.29 bits per heavy atom. The zero-order valence-corrected chi connectivity index (χ0v) is 10.2. The summed E-state index contributed by atoms with van der Waals surface area (Å²) in [6.07, 6.45) is 1.05. The number of nitrogens with one attached hydrogen (secondary N) is 1. The fourth-order valence-electron chi connectivity index (χ4n) is 1.73. The van der Waals surface area contributed by atoms with Crippen LogP contribution in [0.2, 0.25) is 0 Å². The normalized spacial score (nSPS) is 12.4. The first kappa shape index (κ1) is 11.6. The van der Waals surface area contributed by atoms with Gasteiger partial charge in [0.25, 0.3) is 0 Å². The second kappa shape index (κ2) is 5.43. The standard InChI is InChI=1S/C12H17N5/c1-10(11-6-4-3-5-7-11)8-9-13-12-14-15-16-17(12)2/h3-7,10H,8-9H2,1-2H3,(H,13,14,16). The van der Waals surface area contributed by atoms with E-state index >= 15 is 0 Å². The van der Waals surface area contributed by atoms with Crippen LogP contribution in [0.25, 0.3) is 0 Å². The molecule has 0 aliphatic heterocycles. The summed E-state index contributed by atoms with van der Waals surface area (Å²) in [4.78, 5) is 0. The maximum Gasteiger partial charge on any atom is 0.242 e. The summed E-state index contributed by atoms with van der Waals surface area (Å²) in [5.41, 5.74) is 1.37. The number of tetrazole rings is 1. The summed E-state index contributed by atoms with van der Waals surface area (Å²) in [5, 5.41) is 14.4. The Morgan fingerprint density at radius 2 is 2.06 bits per heavy atom. The molecule has 0 fully saturated rings. The van der Waals surface area contributed by atoms with Gasteiger partial charge in [-0.25, -0.2) is 4.68 Å². The minimum Gasteiger partial charge on any atom is -0.353 e. The van der Waals surface area contributed by atoms with Crippen LogP contribution in [0.3, 0.4) is 0 Å². The van der Waals surface area contributed by atoms with E-state index in [4.69, 9.17) is 0 Å². The summed E-state index contributed by atoms with van der Waals surface area (Å²) in [7, 11) is 1.82. The van der Waals surface area contributed by atoms with Crippen molar-refractivity contribution in [2.75, 3.05) is 11.9 Å². The van der Waals surface area contributed by atoms with Crippen molar-refractivity contribution in [1.29, 1.82) is 0 Å². The van der Waals surface area contributed by atoms with Crippen LogP contribution in [0.5, 0.6) is 0 Å². The monoisotopic (exact) mass is 231 g/mol. The Kier molecular flexibility index (Phi) is 3.69. The van der Waals surface area contributed by atoms with E-state index in [0.717, 1.165) is 13.0 Å². The molecule has 0 saturated carbocycles. The van der Waals surface area contributed by atoms with Gasteiger partial charge in [-0.15, -0.1) is 0 Å². The number of benzene rings is 1. The van der Waals surface area contributed by atoms with Crippen LogP contribution in [0.15, 0.2) is 30.3 Å². The van der Waals surface area contributed by atoms with Gasteiger partial charge in [-0.2, -0.15) is 0 Å². The molecule has 2 rings (SSSR count). The SMILES string of the molecule is CC(CCNc1nnnn1C)c1ccccc1. The molecule has 90 valence electrons. The number of nitrogens with zero attached hydrogens (tertiary/aromatic N) is 4. The Balaban J connectivity index is 1.81. The lowest BCUT2D eigenvalue weighted by atomic mass is 9.98. The van der Waals surface area contributed by atoms with Gasteiger partial charge in [0.05, 0.1) is 0 Å². The average Bonchev–Trinajstić information content (AvgIpc) is 2.76. The van der Waals surface area contributed by atoms with Gasteiger partial charge in [0.2, 0.25) is 5.95 Å². The molecular formula is C12H17N5. The quantitative estimate of drug-likeness (QED) is 0.852. The van der Waals surface area contributed by atoms with Crippen LogP contribution in [0.4, 0.5) is 5.95 Å². The highest BCUT2D eigenvalue weighted by molar-refractivity contribution is 5.22. The number of hydrogen-bond acceptors (Lipinski definition) is 4. The third-order valence-electron chi connectivity index (χ3n) is 2.85. The molecule has 5 heteroatoms. The predicted molar refractivity (Wildman–Crippen MR) is 66.8 cm³/mol. The lowest BCUT2D eigenvalue weighted by Gasteiger charge is -2.12. The topological polar surface area (TPSA) is 55.6 Å². The van der Waals surface area contributed by atoms with Crippen molar-refractivity contribution in [3.63, 3.8) is 0 Å². The Labute approximate surface area is 101 Å². The number of aryl methyl sites for hydroxylation is 1. The maximum absolute atomic E-state index is 3.88. The molecule has 0 spiro atoms. The third-order valence-corrected chi connectivity index (χ3v) is 2.85. The van der Waals surface area contributed by atoms with Gasteiger partial charge in [-0.3, -0.25) is 0 Å². The van der Waals surface area contributed by atoms with Crippen molar-refractivity contribution < 1.29 is 0 Å². The van der Waals surface area contributed by atoms with E-state index in [2.05, 4.69) is 52.0 Å². The van der Waals surface area contributed by atoms with Crippen LogP contribution in [-0.2, 0) is 7.05 Å². The molecule has 5 nitrogen and oxygen atoms in total. The van der Waals surface area contributed by atoms with Crippen LogP contribution in [0.1, 0.15) is 24.8 Å². The van der Waals surface area contributed by atoms with Crippen molar-refractivity contribution in [2.24, 2.45) is 7.05 Å². The largest absolute Gasteiger partial charge is 0.353 e. The Bertz CT molecular complexity index is 451. The Morgan fingerprint density at radius 3 is 2.71 bits per heavy atom. The molecule has 1 N–H and O–H groups in total.